The van der Waals surface area contributed by atoms with Crippen LogP contribution >= 0.6 is 0 Å². The van der Waals surface area contributed by atoms with E-state index in [4.69, 9.17) is 0 Å². The van der Waals surface area contributed by atoms with Gasteiger partial charge in [-0.3, -0.25) is 4.79 Å². The van der Waals surface area contributed by atoms with Crippen LogP contribution in [0.5, 0.6) is 0 Å². The number of aromatic nitrogens is 2. The van der Waals surface area contributed by atoms with Gasteiger partial charge in [-0.2, -0.15) is 0 Å². The Hall–Kier alpha value is -3.01. The maximum atomic E-state index is 11.1. The van der Waals surface area contributed by atoms with Crippen molar-refractivity contribution in [3.63, 3.8) is 0 Å². The zero-order valence-electron chi connectivity index (χ0n) is 14.9. The molecular weight excluding hydrogens is 310 g/mol. The topological polar surface area (TPSA) is 54.9 Å². The summed E-state index contributed by atoms with van der Waals surface area (Å²) in [5.74, 6) is 0.658. The van der Waals surface area contributed by atoms with Crippen LogP contribution in [-0.2, 0) is 4.79 Å². The summed E-state index contributed by atoms with van der Waals surface area (Å²) < 4.78 is 0. The summed E-state index contributed by atoms with van der Waals surface area (Å²) in [7, 11) is 0. The number of nitrogens with zero attached hydrogens (tertiary/aromatic N) is 2. The standard InChI is InChI=1S/C21H23N3O/c1-5-9-19(12-15(2)14-22-17(4)25)21-13-20(23-16(3)24-21)18-10-7-6-8-11-18/h5-13H,1,14H2,2-4H3,(H,22,25)/b15-12+,19-9+. The van der Waals surface area contributed by atoms with E-state index in [1.54, 1.807) is 6.08 Å². The number of nitrogens with one attached hydrogen (secondary N) is 1. The predicted molar refractivity (Wildman–Crippen MR) is 103 cm³/mol. The summed E-state index contributed by atoms with van der Waals surface area (Å²) in [6.07, 6.45) is 5.65. The van der Waals surface area contributed by atoms with Crippen LogP contribution in [0.1, 0.15) is 25.4 Å². The largest absolute Gasteiger partial charge is 0.353 e. The minimum Gasteiger partial charge on any atom is -0.353 e. The summed E-state index contributed by atoms with van der Waals surface area (Å²) in [4.78, 5) is 20.2. The SMILES string of the molecule is C=C/C=C(\C=C(/C)CNC(C)=O)c1cc(-c2ccccc2)nc(C)n1. The average molecular weight is 333 g/mol. The van der Waals surface area contributed by atoms with Gasteiger partial charge in [-0.15, -0.1) is 0 Å². The molecule has 0 fully saturated rings. The van der Waals surface area contributed by atoms with Gasteiger partial charge in [0, 0.05) is 24.6 Å². The van der Waals surface area contributed by atoms with E-state index >= 15 is 0 Å². The molecule has 4 heteroatoms. The van der Waals surface area contributed by atoms with E-state index in [9.17, 15) is 4.79 Å². The molecule has 0 saturated heterocycles. The molecule has 0 aliphatic carbocycles. The zero-order chi connectivity index (χ0) is 18.2. The molecule has 1 aromatic carbocycles. The van der Waals surface area contributed by atoms with Crippen molar-refractivity contribution in [3.05, 3.63) is 78.3 Å². The Kier molecular flexibility index (Phi) is 6.40. The highest BCUT2D eigenvalue weighted by Gasteiger charge is 2.07. The van der Waals surface area contributed by atoms with E-state index < -0.39 is 0 Å². The molecule has 128 valence electrons. The molecule has 1 aromatic heterocycles. The molecule has 0 aliphatic heterocycles. The lowest BCUT2D eigenvalue weighted by atomic mass is 10.0. The summed E-state index contributed by atoms with van der Waals surface area (Å²) in [5.41, 5.74) is 4.71. The Morgan fingerprint density at radius 3 is 2.56 bits per heavy atom. The molecule has 0 spiro atoms. The van der Waals surface area contributed by atoms with Gasteiger partial charge in [-0.1, -0.05) is 60.7 Å². The molecule has 2 rings (SSSR count). The number of benzene rings is 1. The summed E-state index contributed by atoms with van der Waals surface area (Å²) >= 11 is 0. The highest BCUT2D eigenvalue weighted by molar-refractivity contribution is 5.77. The first-order valence-electron chi connectivity index (χ1n) is 8.15. The molecule has 1 heterocycles. The molecular formula is C21H23N3O. The van der Waals surface area contributed by atoms with E-state index in [-0.39, 0.29) is 5.91 Å². The molecule has 0 aliphatic rings. The number of carbonyl (C=O) groups is 1. The molecule has 0 saturated carbocycles. The fourth-order valence-electron chi connectivity index (χ4n) is 2.39. The zero-order valence-corrected chi connectivity index (χ0v) is 14.9. The summed E-state index contributed by atoms with van der Waals surface area (Å²) in [6, 6.07) is 12.0. The number of allylic oxidation sites excluding steroid dienone is 4. The van der Waals surface area contributed by atoms with Crippen LogP contribution in [0.15, 0.2) is 66.8 Å². The highest BCUT2D eigenvalue weighted by Crippen LogP contribution is 2.22. The molecule has 0 unspecified atom stereocenters. The number of hydrogen-bond donors (Lipinski definition) is 1. The lowest BCUT2D eigenvalue weighted by molar-refractivity contribution is -0.118. The fraction of sp³-hybridized carbons (Fsp3) is 0.190. The van der Waals surface area contributed by atoms with E-state index in [1.165, 1.54) is 6.92 Å². The van der Waals surface area contributed by atoms with Crippen LogP contribution in [-0.4, -0.2) is 22.4 Å². The first-order valence-corrected chi connectivity index (χ1v) is 8.15. The molecule has 1 N–H and O–H groups in total. The van der Waals surface area contributed by atoms with Gasteiger partial charge in [-0.05, 0) is 19.9 Å². The monoisotopic (exact) mass is 333 g/mol. The number of rotatable bonds is 6. The fourth-order valence-corrected chi connectivity index (χ4v) is 2.39. The third-order valence-corrected chi connectivity index (χ3v) is 3.52. The summed E-state index contributed by atoms with van der Waals surface area (Å²) in [5, 5.41) is 2.80. The average Bonchev–Trinajstić information content (AvgIpc) is 2.60. The van der Waals surface area contributed by atoms with Crippen LogP contribution in [0.25, 0.3) is 16.8 Å². The Bertz CT molecular complexity index is 820. The van der Waals surface area contributed by atoms with Crippen molar-refractivity contribution in [2.24, 2.45) is 0 Å². The number of amides is 1. The Morgan fingerprint density at radius 2 is 1.92 bits per heavy atom. The second kappa shape index (κ2) is 8.73. The normalized spacial score (nSPS) is 12.0. The quantitative estimate of drug-likeness (QED) is 0.810. The minimum absolute atomic E-state index is 0.0498. The smallest absolute Gasteiger partial charge is 0.217 e. The van der Waals surface area contributed by atoms with E-state index in [0.717, 1.165) is 28.1 Å². The van der Waals surface area contributed by atoms with Crippen LogP contribution in [0, 0.1) is 6.92 Å². The lowest BCUT2D eigenvalue weighted by Crippen LogP contribution is -2.21. The minimum atomic E-state index is -0.0498. The van der Waals surface area contributed by atoms with E-state index in [2.05, 4.69) is 21.9 Å². The number of carbonyl (C=O) groups excluding carboxylic acids is 1. The second-order valence-electron chi connectivity index (χ2n) is 5.81. The van der Waals surface area contributed by atoms with Crippen molar-refractivity contribution in [3.8, 4) is 11.3 Å². The van der Waals surface area contributed by atoms with Gasteiger partial charge in [-0.25, -0.2) is 9.97 Å². The van der Waals surface area contributed by atoms with Crippen molar-refractivity contribution < 1.29 is 4.79 Å². The van der Waals surface area contributed by atoms with E-state index in [0.29, 0.717) is 12.4 Å². The van der Waals surface area contributed by atoms with Crippen LogP contribution in [0.2, 0.25) is 0 Å². The predicted octanol–water partition coefficient (Wildman–Crippen LogP) is 4.10. The van der Waals surface area contributed by atoms with Gasteiger partial charge in [0.05, 0.1) is 11.4 Å². The Balaban J connectivity index is 2.40. The first-order chi connectivity index (χ1) is 12.0. The lowest BCUT2D eigenvalue weighted by Gasteiger charge is -2.09. The Morgan fingerprint density at radius 1 is 1.20 bits per heavy atom. The van der Waals surface area contributed by atoms with Crippen molar-refractivity contribution in [1.29, 1.82) is 0 Å². The maximum Gasteiger partial charge on any atom is 0.217 e. The van der Waals surface area contributed by atoms with Gasteiger partial charge < -0.3 is 5.32 Å². The number of hydrogen-bond acceptors (Lipinski definition) is 3. The number of aryl methyl sites for hydroxylation is 1. The van der Waals surface area contributed by atoms with Gasteiger partial charge in [0.2, 0.25) is 5.91 Å². The van der Waals surface area contributed by atoms with Crippen LogP contribution < -0.4 is 5.32 Å². The highest BCUT2D eigenvalue weighted by atomic mass is 16.1. The van der Waals surface area contributed by atoms with Crippen molar-refractivity contribution in [2.45, 2.75) is 20.8 Å². The third-order valence-electron chi connectivity index (χ3n) is 3.52. The molecule has 25 heavy (non-hydrogen) atoms. The van der Waals surface area contributed by atoms with Crippen LogP contribution in [0.4, 0.5) is 0 Å². The van der Waals surface area contributed by atoms with Crippen molar-refractivity contribution in [2.75, 3.05) is 6.54 Å². The molecule has 1 amide bonds. The molecule has 2 aromatic rings. The second-order valence-corrected chi connectivity index (χ2v) is 5.81. The van der Waals surface area contributed by atoms with Gasteiger partial charge in [0.15, 0.2) is 0 Å². The van der Waals surface area contributed by atoms with Gasteiger partial charge >= 0.3 is 0 Å². The molecule has 0 bridgehead atoms. The molecule has 4 nitrogen and oxygen atoms in total. The molecule has 0 atom stereocenters. The summed E-state index contributed by atoms with van der Waals surface area (Å²) in [6.45, 7) is 9.65. The van der Waals surface area contributed by atoms with E-state index in [1.807, 2.05) is 62.4 Å². The van der Waals surface area contributed by atoms with Crippen molar-refractivity contribution in [1.82, 2.24) is 15.3 Å². The maximum absolute atomic E-state index is 11.1. The van der Waals surface area contributed by atoms with Gasteiger partial charge in [0.25, 0.3) is 0 Å². The van der Waals surface area contributed by atoms with Crippen LogP contribution in [0.3, 0.4) is 0 Å². The third kappa shape index (κ3) is 5.53. The Labute approximate surface area is 149 Å². The molecule has 0 radical (unpaired) electrons. The van der Waals surface area contributed by atoms with Crippen molar-refractivity contribution >= 4 is 11.5 Å². The first kappa shape index (κ1) is 18.3. The van der Waals surface area contributed by atoms with Gasteiger partial charge in [0.1, 0.15) is 5.82 Å².